The van der Waals surface area contributed by atoms with Crippen LogP contribution in [0.1, 0.15) is 5.69 Å². The molecule has 26 heavy (non-hydrogen) atoms. The molecular formula is C19H20N4O2S. The molecule has 6 nitrogen and oxygen atoms in total. The topological polar surface area (TPSA) is 82.1 Å². The second kappa shape index (κ2) is 7.53. The van der Waals surface area contributed by atoms with Gasteiger partial charge in [0.25, 0.3) is 5.56 Å². The number of nitrogens with two attached hydrogens (primary N) is 1. The summed E-state index contributed by atoms with van der Waals surface area (Å²) in [5.74, 6) is -0.0129. The largest absolute Gasteiger partial charge is 0.399 e. The van der Waals surface area contributed by atoms with E-state index in [2.05, 4.69) is 5.32 Å². The van der Waals surface area contributed by atoms with Crippen molar-refractivity contribution in [3.63, 3.8) is 0 Å². The predicted molar refractivity (Wildman–Crippen MR) is 106 cm³/mol. The van der Waals surface area contributed by atoms with Gasteiger partial charge in [0.15, 0.2) is 0 Å². The number of para-hydroxylation sites is 1. The minimum Gasteiger partial charge on any atom is -0.399 e. The minimum absolute atomic E-state index is 0.211. The first-order valence-corrected chi connectivity index (χ1v) is 9.08. The van der Waals surface area contributed by atoms with E-state index in [1.165, 1.54) is 16.4 Å². The number of carbonyl (C=O) groups excluding carboxylic acids is 1. The van der Waals surface area contributed by atoms with E-state index in [4.69, 9.17) is 5.73 Å². The second-order valence-electron chi connectivity index (χ2n) is 5.84. The number of thioether (sulfide) groups is 1. The number of amides is 1. The molecule has 3 aromatic rings. The van der Waals surface area contributed by atoms with E-state index in [0.29, 0.717) is 17.1 Å². The molecule has 1 aromatic heterocycles. The van der Waals surface area contributed by atoms with Crippen molar-refractivity contribution in [3.05, 3.63) is 70.6 Å². The summed E-state index contributed by atoms with van der Waals surface area (Å²) in [4.78, 5) is 26.0. The van der Waals surface area contributed by atoms with Gasteiger partial charge in [-0.2, -0.15) is 0 Å². The van der Waals surface area contributed by atoms with E-state index in [1.54, 1.807) is 23.9 Å². The summed E-state index contributed by atoms with van der Waals surface area (Å²) in [6.45, 7) is 1.81. The van der Waals surface area contributed by atoms with Crippen molar-refractivity contribution < 1.29 is 4.79 Å². The maximum absolute atomic E-state index is 12.8. The standard InChI is InChI=1S/C19H20N4O2S/c1-13-18(19(25)23(22(13)2)15-6-4-3-5-7-15)21-17(24)12-26-16-10-8-14(20)9-11-16/h3-11H,12,20H2,1-2H3,(H,21,24). The van der Waals surface area contributed by atoms with Gasteiger partial charge in [0.2, 0.25) is 5.91 Å². The molecule has 3 rings (SSSR count). The fourth-order valence-electron chi connectivity index (χ4n) is 2.60. The van der Waals surface area contributed by atoms with Crippen LogP contribution < -0.4 is 16.6 Å². The summed E-state index contributed by atoms with van der Waals surface area (Å²) >= 11 is 1.39. The van der Waals surface area contributed by atoms with E-state index in [9.17, 15) is 9.59 Å². The molecule has 0 spiro atoms. The number of rotatable bonds is 5. The third kappa shape index (κ3) is 3.67. The Morgan fingerprint density at radius 2 is 1.77 bits per heavy atom. The highest BCUT2D eigenvalue weighted by Crippen LogP contribution is 2.20. The van der Waals surface area contributed by atoms with E-state index in [0.717, 1.165) is 10.6 Å². The zero-order valence-corrected chi connectivity index (χ0v) is 15.4. The molecule has 0 aliphatic rings. The van der Waals surface area contributed by atoms with Crippen LogP contribution in [0.4, 0.5) is 11.4 Å². The Kier molecular flexibility index (Phi) is 5.18. The molecule has 0 saturated carbocycles. The molecule has 0 atom stereocenters. The Morgan fingerprint density at radius 3 is 2.42 bits per heavy atom. The summed E-state index contributed by atoms with van der Waals surface area (Å²) in [5, 5.41) is 2.75. The Bertz CT molecular complexity index is 975. The second-order valence-corrected chi connectivity index (χ2v) is 6.89. The Hall–Kier alpha value is -2.93. The number of anilines is 2. The van der Waals surface area contributed by atoms with Crippen LogP contribution in [0.15, 0.2) is 64.3 Å². The number of nitrogens with zero attached hydrogens (tertiary/aromatic N) is 2. The van der Waals surface area contributed by atoms with E-state index in [1.807, 2.05) is 49.4 Å². The lowest BCUT2D eigenvalue weighted by molar-refractivity contribution is -0.113. The van der Waals surface area contributed by atoms with Crippen molar-refractivity contribution in [3.8, 4) is 5.69 Å². The van der Waals surface area contributed by atoms with Crippen molar-refractivity contribution in [2.75, 3.05) is 16.8 Å². The van der Waals surface area contributed by atoms with Gasteiger partial charge in [-0.1, -0.05) is 18.2 Å². The number of nitrogen functional groups attached to an aromatic ring is 1. The zero-order chi connectivity index (χ0) is 18.7. The molecule has 0 radical (unpaired) electrons. The molecule has 0 aliphatic heterocycles. The Morgan fingerprint density at radius 1 is 1.12 bits per heavy atom. The van der Waals surface area contributed by atoms with Gasteiger partial charge in [-0.05, 0) is 43.3 Å². The Labute approximate surface area is 155 Å². The van der Waals surface area contributed by atoms with Gasteiger partial charge in [0.05, 0.1) is 17.1 Å². The molecule has 0 fully saturated rings. The number of hydrogen-bond donors (Lipinski definition) is 2. The van der Waals surface area contributed by atoms with Crippen molar-refractivity contribution in [1.82, 2.24) is 9.36 Å². The lowest BCUT2D eigenvalue weighted by Crippen LogP contribution is -2.23. The van der Waals surface area contributed by atoms with Crippen LogP contribution >= 0.6 is 11.8 Å². The minimum atomic E-state index is -0.248. The fraction of sp³-hybridized carbons (Fsp3) is 0.158. The molecule has 7 heteroatoms. The van der Waals surface area contributed by atoms with E-state index in [-0.39, 0.29) is 17.2 Å². The molecule has 0 aliphatic carbocycles. The number of benzene rings is 2. The predicted octanol–water partition coefficient (Wildman–Crippen LogP) is 2.80. The summed E-state index contributed by atoms with van der Waals surface area (Å²) in [5.41, 5.74) is 7.84. The zero-order valence-electron chi connectivity index (χ0n) is 14.6. The van der Waals surface area contributed by atoms with Crippen LogP contribution in [0.3, 0.4) is 0 Å². The highest BCUT2D eigenvalue weighted by Gasteiger charge is 2.18. The average molecular weight is 368 g/mol. The van der Waals surface area contributed by atoms with Crippen LogP contribution in [0.25, 0.3) is 5.69 Å². The lowest BCUT2D eigenvalue weighted by Gasteiger charge is -2.07. The SMILES string of the molecule is Cc1c(NC(=O)CSc2ccc(N)cc2)c(=O)n(-c2ccccc2)n1C. The first-order chi connectivity index (χ1) is 12.5. The average Bonchev–Trinajstić information content (AvgIpc) is 2.85. The normalized spacial score (nSPS) is 10.7. The van der Waals surface area contributed by atoms with Gasteiger partial charge in [-0.15, -0.1) is 11.8 Å². The molecule has 0 unspecified atom stereocenters. The van der Waals surface area contributed by atoms with Gasteiger partial charge in [0, 0.05) is 17.6 Å². The number of carbonyl (C=O) groups is 1. The van der Waals surface area contributed by atoms with Gasteiger partial charge in [-0.3, -0.25) is 14.3 Å². The summed E-state index contributed by atoms with van der Waals surface area (Å²) in [7, 11) is 1.79. The molecule has 2 aromatic carbocycles. The van der Waals surface area contributed by atoms with Gasteiger partial charge in [0.1, 0.15) is 5.69 Å². The van der Waals surface area contributed by atoms with Crippen LogP contribution in [0.2, 0.25) is 0 Å². The molecular weight excluding hydrogens is 348 g/mol. The van der Waals surface area contributed by atoms with Crippen molar-refractivity contribution in [2.24, 2.45) is 7.05 Å². The van der Waals surface area contributed by atoms with Crippen molar-refractivity contribution in [2.45, 2.75) is 11.8 Å². The first-order valence-electron chi connectivity index (χ1n) is 8.09. The van der Waals surface area contributed by atoms with Gasteiger partial charge >= 0.3 is 0 Å². The third-order valence-electron chi connectivity index (χ3n) is 4.07. The molecule has 134 valence electrons. The molecule has 0 saturated heterocycles. The lowest BCUT2D eigenvalue weighted by atomic mass is 10.3. The number of hydrogen-bond acceptors (Lipinski definition) is 4. The summed E-state index contributed by atoms with van der Waals surface area (Å²) in [6, 6.07) is 16.6. The Balaban J connectivity index is 1.76. The third-order valence-corrected chi connectivity index (χ3v) is 5.08. The highest BCUT2D eigenvalue weighted by atomic mass is 32.2. The fourth-order valence-corrected chi connectivity index (χ4v) is 3.30. The number of aromatic nitrogens is 2. The van der Waals surface area contributed by atoms with Gasteiger partial charge in [-0.25, -0.2) is 4.68 Å². The molecule has 1 amide bonds. The maximum Gasteiger partial charge on any atom is 0.295 e. The molecule has 1 heterocycles. The molecule has 3 N–H and O–H groups in total. The first kappa shape index (κ1) is 17.9. The maximum atomic E-state index is 12.8. The van der Waals surface area contributed by atoms with Crippen LogP contribution in [0, 0.1) is 6.92 Å². The van der Waals surface area contributed by atoms with Crippen LogP contribution in [0.5, 0.6) is 0 Å². The highest BCUT2D eigenvalue weighted by molar-refractivity contribution is 8.00. The van der Waals surface area contributed by atoms with Crippen molar-refractivity contribution >= 4 is 29.0 Å². The van der Waals surface area contributed by atoms with Crippen LogP contribution in [-0.4, -0.2) is 21.0 Å². The number of nitrogens with one attached hydrogen (secondary N) is 1. The summed E-state index contributed by atoms with van der Waals surface area (Å²) < 4.78 is 3.28. The molecule has 0 bridgehead atoms. The van der Waals surface area contributed by atoms with Gasteiger partial charge < -0.3 is 11.1 Å². The van der Waals surface area contributed by atoms with E-state index >= 15 is 0 Å². The summed E-state index contributed by atoms with van der Waals surface area (Å²) in [6.07, 6.45) is 0. The van der Waals surface area contributed by atoms with Crippen LogP contribution in [-0.2, 0) is 11.8 Å². The van der Waals surface area contributed by atoms with E-state index < -0.39 is 0 Å². The smallest absolute Gasteiger partial charge is 0.295 e. The quantitative estimate of drug-likeness (QED) is 0.536. The monoisotopic (exact) mass is 368 g/mol. The van der Waals surface area contributed by atoms with Crippen molar-refractivity contribution in [1.29, 1.82) is 0 Å².